The third-order valence-corrected chi connectivity index (χ3v) is 3.85. The maximum atomic E-state index is 11.9. The van der Waals surface area contributed by atoms with Crippen molar-refractivity contribution in [3.05, 3.63) is 28.8 Å². The average Bonchev–Trinajstić information content (AvgIpc) is 2.98. The van der Waals surface area contributed by atoms with Crippen molar-refractivity contribution >= 4 is 23.2 Å². The van der Waals surface area contributed by atoms with E-state index in [4.69, 9.17) is 16.3 Å². The number of rotatable bonds is 0. The van der Waals surface area contributed by atoms with Gasteiger partial charge in [0.1, 0.15) is 12.2 Å². The van der Waals surface area contributed by atoms with Gasteiger partial charge in [-0.15, -0.1) is 0 Å². The number of anilines is 1. The van der Waals surface area contributed by atoms with E-state index in [9.17, 15) is 4.79 Å². The summed E-state index contributed by atoms with van der Waals surface area (Å²) in [6.45, 7) is 5.66. The fraction of sp³-hybridized carbons (Fsp3) is 0.462. The van der Waals surface area contributed by atoms with Gasteiger partial charge in [0.25, 0.3) is 0 Å². The molecular formula is C13H14ClNO2. The lowest BCUT2D eigenvalue weighted by atomic mass is 9.87. The molecule has 0 N–H and O–H groups in total. The predicted octanol–water partition coefficient (Wildman–Crippen LogP) is 2.93. The van der Waals surface area contributed by atoms with Crippen molar-refractivity contribution in [2.75, 3.05) is 4.90 Å². The quantitative estimate of drug-likeness (QED) is 0.664. The van der Waals surface area contributed by atoms with Gasteiger partial charge in [-0.1, -0.05) is 11.6 Å². The van der Waals surface area contributed by atoms with E-state index in [-0.39, 0.29) is 23.7 Å². The number of ether oxygens (including phenoxy) is 1. The molecule has 1 amide bonds. The standard InChI is InChI=1S/C13H14ClNO2/c1-7(16)15-10-5-4-8(14)6-9(10)11-12(17-11)13(15,2)3/h4-6,11-12H,1-3H3. The van der Waals surface area contributed by atoms with Gasteiger partial charge in [-0.25, -0.2) is 0 Å². The van der Waals surface area contributed by atoms with E-state index in [0.717, 1.165) is 11.3 Å². The number of fused-ring (bicyclic) bond motifs is 3. The Labute approximate surface area is 105 Å². The molecule has 0 bridgehead atoms. The summed E-state index contributed by atoms with van der Waals surface area (Å²) in [5.74, 6) is 0.0347. The lowest BCUT2D eigenvalue weighted by Gasteiger charge is -2.40. The zero-order chi connectivity index (χ0) is 12.4. The third-order valence-electron chi connectivity index (χ3n) is 3.62. The summed E-state index contributed by atoms with van der Waals surface area (Å²) in [6, 6.07) is 5.61. The van der Waals surface area contributed by atoms with Crippen molar-refractivity contribution in [1.29, 1.82) is 0 Å². The van der Waals surface area contributed by atoms with E-state index in [2.05, 4.69) is 0 Å². The molecule has 0 radical (unpaired) electrons. The van der Waals surface area contributed by atoms with E-state index in [1.165, 1.54) is 0 Å². The van der Waals surface area contributed by atoms with Gasteiger partial charge in [-0.2, -0.15) is 0 Å². The van der Waals surface area contributed by atoms with Gasteiger partial charge < -0.3 is 9.64 Å². The number of nitrogens with zero attached hydrogens (tertiary/aromatic N) is 1. The smallest absolute Gasteiger partial charge is 0.224 e. The summed E-state index contributed by atoms with van der Waals surface area (Å²) in [5, 5.41) is 0.682. The molecule has 1 fully saturated rings. The highest BCUT2D eigenvalue weighted by molar-refractivity contribution is 6.30. The number of benzene rings is 1. The summed E-state index contributed by atoms with van der Waals surface area (Å²) in [5.41, 5.74) is 1.65. The molecule has 2 heterocycles. The second-order valence-corrected chi connectivity index (χ2v) is 5.62. The molecule has 3 nitrogen and oxygen atoms in total. The number of carbonyl (C=O) groups excluding carboxylic acids is 1. The molecule has 90 valence electrons. The monoisotopic (exact) mass is 251 g/mol. The molecule has 0 aliphatic carbocycles. The van der Waals surface area contributed by atoms with Gasteiger partial charge in [-0.3, -0.25) is 4.79 Å². The van der Waals surface area contributed by atoms with Crippen molar-refractivity contribution in [2.24, 2.45) is 0 Å². The summed E-state index contributed by atoms with van der Waals surface area (Å²) >= 11 is 6.00. The molecule has 4 heteroatoms. The minimum absolute atomic E-state index is 0.0347. The van der Waals surface area contributed by atoms with Crippen molar-refractivity contribution < 1.29 is 9.53 Å². The normalized spacial score (nSPS) is 28.4. The van der Waals surface area contributed by atoms with Crippen LogP contribution in [0.1, 0.15) is 32.4 Å². The summed E-state index contributed by atoms with van der Waals surface area (Å²) < 4.78 is 5.70. The molecule has 2 unspecified atom stereocenters. The topological polar surface area (TPSA) is 32.8 Å². The van der Waals surface area contributed by atoms with E-state index < -0.39 is 0 Å². The maximum absolute atomic E-state index is 11.9. The van der Waals surface area contributed by atoms with Crippen LogP contribution in [0.4, 0.5) is 5.69 Å². The Bertz CT molecular complexity index is 512. The Balaban J connectivity index is 2.20. The highest BCUT2D eigenvalue weighted by Gasteiger charge is 2.59. The van der Waals surface area contributed by atoms with Crippen LogP contribution in [-0.4, -0.2) is 17.6 Å². The van der Waals surface area contributed by atoms with Crippen LogP contribution in [0.25, 0.3) is 0 Å². The van der Waals surface area contributed by atoms with Crippen LogP contribution < -0.4 is 4.90 Å². The molecular weight excluding hydrogens is 238 g/mol. The van der Waals surface area contributed by atoms with Crippen molar-refractivity contribution in [3.8, 4) is 0 Å². The van der Waals surface area contributed by atoms with E-state index in [1.807, 2.05) is 36.9 Å². The Morgan fingerprint density at radius 1 is 1.47 bits per heavy atom. The first-order valence-corrected chi connectivity index (χ1v) is 6.06. The van der Waals surface area contributed by atoms with Crippen LogP contribution in [0.3, 0.4) is 0 Å². The Hall–Kier alpha value is -1.06. The van der Waals surface area contributed by atoms with Crippen LogP contribution >= 0.6 is 11.6 Å². The zero-order valence-corrected chi connectivity index (χ0v) is 10.8. The van der Waals surface area contributed by atoms with Gasteiger partial charge in [0.05, 0.1) is 11.2 Å². The number of hydrogen-bond acceptors (Lipinski definition) is 2. The zero-order valence-electron chi connectivity index (χ0n) is 10.0. The molecule has 3 rings (SSSR count). The van der Waals surface area contributed by atoms with Gasteiger partial charge in [-0.05, 0) is 32.0 Å². The highest BCUT2D eigenvalue weighted by atomic mass is 35.5. The number of hydrogen-bond donors (Lipinski definition) is 0. The molecule has 2 aliphatic heterocycles. The molecule has 17 heavy (non-hydrogen) atoms. The maximum Gasteiger partial charge on any atom is 0.224 e. The molecule has 0 spiro atoms. The first kappa shape index (κ1) is 11.1. The second-order valence-electron chi connectivity index (χ2n) is 5.19. The third kappa shape index (κ3) is 1.42. The Kier molecular flexibility index (Phi) is 2.11. The largest absolute Gasteiger partial charge is 0.362 e. The molecule has 2 atom stereocenters. The molecule has 1 aromatic carbocycles. The number of amides is 1. The summed E-state index contributed by atoms with van der Waals surface area (Å²) in [6.07, 6.45) is 0.173. The lowest BCUT2D eigenvalue weighted by Crippen LogP contribution is -2.53. The average molecular weight is 252 g/mol. The second kappa shape index (κ2) is 3.24. The van der Waals surface area contributed by atoms with Crippen LogP contribution in [0.2, 0.25) is 5.02 Å². The van der Waals surface area contributed by atoms with E-state index >= 15 is 0 Å². The van der Waals surface area contributed by atoms with Crippen LogP contribution in [-0.2, 0) is 9.53 Å². The van der Waals surface area contributed by atoms with Gasteiger partial charge >= 0.3 is 0 Å². The SMILES string of the molecule is CC(=O)N1c2ccc(Cl)cc2C2OC2C1(C)C. The van der Waals surface area contributed by atoms with Crippen LogP contribution in [0, 0.1) is 0 Å². The fourth-order valence-electron chi connectivity index (χ4n) is 2.86. The van der Waals surface area contributed by atoms with Gasteiger partial charge in [0, 0.05) is 17.5 Å². The Morgan fingerprint density at radius 2 is 2.18 bits per heavy atom. The van der Waals surface area contributed by atoms with Crippen molar-refractivity contribution in [1.82, 2.24) is 0 Å². The molecule has 0 aromatic heterocycles. The van der Waals surface area contributed by atoms with Gasteiger partial charge in [0.2, 0.25) is 5.91 Å². The molecule has 1 aromatic rings. The van der Waals surface area contributed by atoms with Crippen LogP contribution in [0.15, 0.2) is 18.2 Å². The minimum atomic E-state index is -0.294. The number of carbonyl (C=O) groups is 1. The van der Waals surface area contributed by atoms with Crippen molar-refractivity contribution in [3.63, 3.8) is 0 Å². The fourth-order valence-corrected chi connectivity index (χ4v) is 3.04. The van der Waals surface area contributed by atoms with E-state index in [1.54, 1.807) is 6.92 Å². The minimum Gasteiger partial charge on any atom is -0.362 e. The first-order valence-electron chi connectivity index (χ1n) is 5.68. The number of halogens is 1. The molecule has 1 saturated heterocycles. The highest BCUT2D eigenvalue weighted by Crippen LogP contribution is 2.55. The Morgan fingerprint density at radius 3 is 2.82 bits per heavy atom. The molecule has 0 saturated carbocycles. The summed E-state index contributed by atoms with van der Waals surface area (Å²) in [7, 11) is 0. The molecule has 2 aliphatic rings. The summed E-state index contributed by atoms with van der Waals surface area (Å²) in [4.78, 5) is 13.7. The van der Waals surface area contributed by atoms with E-state index in [0.29, 0.717) is 5.02 Å². The lowest BCUT2D eigenvalue weighted by molar-refractivity contribution is -0.117. The van der Waals surface area contributed by atoms with Crippen molar-refractivity contribution in [2.45, 2.75) is 38.5 Å². The van der Waals surface area contributed by atoms with Gasteiger partial charge in [0.15, 0.2) is 0 Å². The number of epoxide rings is 1. The predicted molar refractivity (Wildman–Crippen MR) is 66.3 cm³/mol. The first-order chi connectivity index (χ1) is 7.93. The van der Waals surface area contributed by atoms with Crippen LogP contribution in [0.5, 0.6) is 0 Å².